The number of carbonyl (C=O) groups is 1. The van der Waals surface area contributed by atoms with Gasteiger partial charge in [0.05, 0.1) is 0 Å². The van der Waals surface area contributed by atoms with Gasteiger partial charge in [0.2, 0.25) is 0 Å². The summed E-state index contributed by atoms with van der Waals surface area (Å²) in [5, 5.41) is 7.53. The Balaban J connectivity index is 1.51. The van der Waals surface area contributed by atoms with Gasteiger partial charge in [-0.05, 0) is 43.4 Å². The molecule has 0 aliphatic heterocycles. The number of hydrogen-bond donors (Lipinski definition) is 0. The van der Waals surface area contributed by atoms with Crippen molar-refractivity contribution >= 4 is 17.7 Å². The highest BCUT2D eigenvalue weighted by Crippen LogP contribution is 2.19. The number of aryl methyl sites for hydroxylation is 1. The molecule has 0 aliphatic rings. The van der Waals surface area contributed by atoms with Crippen LogP contribution in [0.1, 0.15) is 22.3 Å². The fourth-order valence-corrected chi connectivity index (χ4v) is 3.30. The fourth-order valence-electron chi connectivity index (χ4n) is 2.46. The standard InChI is InChI=1S/C19H21N5OS/c1-15-4-6-17(7-5-15)26-11-3-10-23(2)19(25)16-8-9-20-18(12-16)24-13-21-22-14-24/h4-9,12-14H,3,10-11H2,1-2H3. The van der Waals surface area contributed by atoms with Crippen molar-refractivity contribution in [2.24, 2.45) is 0 Å². The van der Waals surface area contributed by atoms with Gasteiger partial charge >= 0.3 is 0 Å². The van der Waals surface area contributed by atoms with Gasteiger partial charge in [-0.2, -0.15) is 0 Å². The number of rotatable bonds is 7. The molecule has 2 heterocycles. The summed E-state index contributed by atoms with van der Waals surface area (Å²) in [6, 6.07) is 12.0. The molecule has 0 unspecified atom stereocenters. The van der Waals surface area contributed by atoms with Gasteiger partial charge < -0.3 is 4.90 Å². The summed E-state index contributed by atoms with van der Waals surface area (Å²) in [6.45, 7) is 2.80. The molecule has 3 aromatic rings. The van der Waals surface area contributed by atoms with Crippen LogP contribution in [-0.4, -0.2) is 49.9 Å². The zero-order chi connectivity index (χ0) is 18.4. The van der Waals surface area contributed by atoms with Crippen molar-refractivity contribution in [2.45, 2.75) is 18.2 Å². The molecular weight excluding hydrogens is 346 g/mol. The molecule has 6 nitrogen and oxygen atoms in total. The maximum absolute atomic E-state index is 12.6. The van der Waals surface area contributed by atoms with Crippen LogP contribution in [0.5, 0.6) is 0 Å². The van der Waals surface area contributed by atoms with Gasteiger partial charge in [-0.3, -0.25) is 9.36 Å². The highest BCUT2D eigenvalue weighted by atomic mass is 32.2. The number of nitrogens with zero attached hydrogens (tertiary/aromatic N) is 5. The van der Waals surface area contributed by atoms with Crippen LogP contribution in [0, 0.1) is 6.92 Å². The molecule has 26 heavy (non-hydrogen) atoms. The van der Waals surface area contributed by atoms with Gasteiger partial charge in [0.15, 0.2) is 0 Å². The molecule has 7 heteroatoms. The predicted molar refractivity (Wildman–Crippen MR) is 103 cm³/mol. The van der Waals surface area contributed by atoms with E-state index < -0.39 is 0 Å². The maximum Gasteiger partial charge on any atom is 0.253 e. The van der Waals surface area contributed by atoms with Crippen LogP contribution in [0.15, 0.2) is 60.1 Å². The van der Waals surface area contributed by atoms with Crippen LogP contribution in [0.25, 0.3) is 5.82 Å². The second kappa shape index (κ2) is 8.62. The summed E-state index contributed by atoms with van der Waals surface area (Å²) in [5.41, 5.74) is 1.88. The number of thioether (sulfide) groups is 1. The van der Waals surface area contributed by atoms with Crippen LogP contribution >= 0.6 is 11.8 Å². The van der Waals surface area contributed by atoms with E-state index in [2.05, 4.69) is 46.4 Å². The first-order valence-corrected chi connectivity index (χ1v) is 9.38. The van der Waals surface area contributed by atoms with E-state index in [4.69, 9.17) is 0 Å². The molecule has 2 aromatic heterocycles. The topological polar surface area (TPSA) is 63.9 Å². The first kappa shape index (κ1) is 18.1. The third-order valence-electron chi connectivity index (χ3n) is 3.95. The summed E-state index contributed by atoms with van der Waals surface area (Å²) < 4.78 is 1.68. The Morgan fingerprint density at radius 3 is 2.62 bits per heavy atom. The summed E-state index contributed by atoms with van der Waals surface area (Å²) in [6.07, 6.45) is 5.68. The lowest BCUT2D eigenvalue weighted by Gasteiger charge is -2.17. The molecular formula is C19H21N5OS. The Kier molecular flexibility index (Phi) is 6.01. The fraction of sp³-hybridized carbons (Fsp3) is 0.263. The highest BCUT2D eigenvalue weighted by Gasteiger charge is 2.13. The third-order valence-corrected chi connectivity index (χ3v) is 5.05. The number of pyridine rings is 1. The lowest BCUT2D eigenvalue weighted by Crippen LogP contribution is -2.28. The van der Waals surface area contributed by atoms with Crippen molar-refractivity contribution < 1.29 is 4.79 Å². The summed E-state index contributed by atoms with van der Waals surface area (Å²) >= 11 is 1.81. The minimum Gasteiger partial charge on any atom is -0.342 e. The van der Waals surface area contributed by atoms with Gasteiger partial charge in [0, 0.05) is 30.2 Å². The molecule has 0 radical (unpaired) electrons. The molecule has 0 N–H and O–H groups in total. The van der Waals surface area contributed by atoms with E-state index in [1.165, 1.54) is 10.5 Å². The number of aromatic nitrogens is 4. The van der Waals surface area contributed by atoms with E-state index in [0.717, 1.165) is 12.2 Å². The summed E-state index contributed by atoms with van der Waals surface area (Å²) in [5.74, 6) is 1.59. The van der Waals surface area contributed by atoms with Gasteiger partial charge in [-0.15, -0.1) is 22.0 Å². The first-order chi connectivity index (χ1) is 12.6. The number of amides is 1. The highest BCUT2D eigenvalue weighted by molar-refractivity contribution is 7.99. The summed E-state index contributed by atoms with van der Waals surface area (Å²) in [4.78, 5) is 19.9. The third kappa shape index (κ3) is 4.70. The minimum atomic E-state index is -0.0120. The van der Waals surface area contributed by atoms with Crippen molar-refractivity contribution in [1.29, 1.82) is 0 Å². The summed E-state index contributed by atoms with van der Waals surface area (Å²) in [7, 11) is 1.83. The van der Waals surface area contributed by atoms with Crippen molar-refractivity contribution in [3.05, 3.63) is 66.4 Å². The SMILES string of the molecule is Cc1ccc(SCCCN(C)C(=O)c2ccnc(-n3cnnc3)c2)cc1. The number of benzene rings is 1. The van der Waals surface area contributed by atoms with E-state index in [1.807, 2.05) is 18.8 Å². The first-order valence-electron chi connectivity index (χ1n) is 8.39. The van der Waals surface area contributed by atoms with Gasteiger partial charge in [0.1, 0.15) is 18.5 Å². The van der Waals surface area contributed by atoms with Gasteiger partial charge in [0.25, 0.3) is 5.91 Å². The van der Waals surface area contributed by atoms with Crippen molar-refractivity contribution in [2.75, 3.05) is 19.3 Å². The number of hydrogen-bond acceptors (Lipinski definition) is 5. The minimum absolute atomic E-state index is 0.0120. The molecule has 0 saturated carbocycles. The van der Waals surface area contributed by atoms with Crippen LogP contribution in [0.3, 0.4) is 0 Å². The van der Waals surface area contributed by atoms with Crippen molar-refractivity contribution in [3.8, 4) is 5.82 Å². The van der Waals surface area contributed by atoms with Crippen molar-refractivity contribution in [3.63, 3.8) is 0 Å². The Labute approximate surface area is 157 Å². The van der Waals surface area contributed by atoms with Gasteiger partial charge in [-0.1, -0.05) is 17.7 Å². The Hall–Kier alpha value is -2.67. The molecule has 3 rings (SSSR count). The largest absolute Gasteiger partial charge is 0.342 e. The molecule has 0 aliphatic carbocycles. The average Bonchev–Trinajstić information content (AvgIpc) is 3.21. The van der Waals surface area contributed by atoms with E-state index >= 15 is 0 Å². The van der Waals surface area contributed by atoms with Gasteiger partial charge in [-0.25, -0.2) is 4.98 Å². The van der Waals surface area contributed by atoms with E-state index in [9.17, 15) is 4.79 Å². The van der Waals surface area contributed by atoms with Crippen LogP contribution in [-0.2, 0) is 0 Å². The molecule has 134 valence electrons. The predicted octanol–water partition coefficient (Wildman–Crippen LogP) is 3.23. The van der Waals surface area contributed by atoms with E-state index in [-0.39, 0.29) is 5.91 Å². The lowest BCUT2D eigenvalue weighted by molar-refractivity contribution is 0.0795. The van der Waals surface area contributed by atoms with E-state index in [1.54, 1.807) is 40.5 Å². The number of carbonyl (C=O) groups excluding carboxylic acids is 1. The Morgan fingerprint density at radius 2 is 1.88 bits per heavy atom. The van der Waals surface area contributed by atoms with Crippen LogP contribution in [0.4, 0.5) is 0 Å². The second-order valence-electron chi connectivity index (χ2n) is 6.01. The van der Waals surface area contributed by atoms with E-state index in [0.29, 0.717) is 17.9 Å². The van der Waals surface area contributed by atoms with Crippen LogP contribution in [0.2, 0.25) is 0 Å². The van der Waals surface area contributed by atoms with Crippen LogP contribution < -0.4 is 0 Å². The zero-order valence-electron chi connectivity index (χ0n) is 14.9. The molecule has 0 bridgehead atoms. The Bertz CT molecular complexity index is 849. The molecule has 1 aromatic carbocycles. The molecule has 0 atom stereocenters. The average molecular weight is 367 g/mol. The lowest BCUT2D eigenvalue weighted by atomic mass is 10.2. The molecule has 0 saturated heterocycles. The molecule has 0 fully saturated rings. The van der Waals surface area contributed by atoms with Crippen molar-refractivity contribution in [1.82, 2.24) is 24.6 Å². The smallest absolute Gasteiger partial charge is 0.253 e. The second-order valence-corrected chi connectivity index (χ2v) is 7.18. The zero-order valence-corrected chi connectivity index (χ0v) is 15.7. The Morgan fingerprint density at radius 1 is 1.15 bits per heavy atom. The quantitative estimate of drug-likeness (QED) is 0.474. The monoisotopic (exact) mass is 367 g/mol. The molecule has 0 spiro atoms. The molecule has 1 amide bonds. The normalized spacial score (nSPS) is 10.7. The maximum atomic E-state index is 12.6.